The Morgan fingerprint density at radius 2 is 2.21 bits per heavy atom. The highest BCUT2D eigenvalue weighted by atomic mass is 16.5. The van der Waals surface area contributed by atoms with E-state index in [0.717, 1.165) is 25.1 Å². The molecule has 0 saturated heterocycles. The maximum absolute atomic E-state index is 9.52. The van der Waals surface area contributed by atoms with Gasteiger partial charge in [-0.25, -0.2) is 0 Å². The molecule has 0 fully saturated rings. The third-order valence-electron chi connectivity index (χ3n) is 3.58. The van der Waals surface area contributed by atoms with Crippen LogP contribution in [0.1, 0.15) is 37.7 Å². The summed E-state index contributed by atoms with van der Waals surface area (Å²) in [5, 5.41) is 13.0. The van der Waals surface area contributed by atoms with E-state index in [1.165, 1.54) is 25.7 Å². The Kier molecular flexibility index (Phi) is 5.28. The molecule has 1 aromatic carbocycles. The van der Waals surface area contributed by atoms with Gasteiger partial charge in [0, 0.05) is 6.54 Å². The first-order valence-corrected chi connectivity index (χ1v) is 7.04. The highest BCUT2D eigenvalue weighted by molar-refractivity contribution is 5.41. The quantitative estimate of drug-likeness (QED) is 0.609. The summed E-state index contributed by atoms with van der Waals surface area (Å²) in [6, 6.07) is 5.48. The largest absolute Gasteiger partial charge is 0.504 e. The molecular formula is C16H23NO2. The molecule has 1 aliphatic carbocycles. The maximum atomic E-state index is 9.52. The van der Waals surface area contributed by atoms with E-state index < -0.39 is 0 Å². The molecule has 2 rings (SSSR count). The van der Waals surface area contributed by atoms with Crippen LogP contribution in [-0.2, 0) is 6.54 Å². The van der Waals surface area contributed by atoms with Gasteiger partial charge >= 0.3 is 0 Å². The molecule has 3 nitrogen and oxygen atoms in total. The average molecular weight is 261 g/mol. The lowest BCUT2D eigenvalue weighted by Gasteiger charge is -2.13. The standard InChI is InChI=1S/C16H23NO2/c1-19-16-11-14(7-8-15(16)18)12-17-10-9-13-5-3-2-4-6-13/h5,7-8,11,17-18H,2-4,6,9-10,12H2,1H3. The second-order valence-electron chi connectivity index (χ2n) is 5.04. The summed E-state index contributed by atoms with van der Waals surface area (Å²) in [4.78, 5) is 0. The minimum atomic E-state index is 0.193. The lowest BCUT2D eigenvalue weighted by Crippen LogP contribution is -2.15. The van der Waals surface area contributed by atoms with E-state index in [-0.39, 0.29) is 5.75 Å². The lowest BCUT2D eigenvalue weighted by atomic mass is 9.97. The van der Waals surface area contributed by atoms with E-state index >= 15 is 0 Å². The molecule has 104 valence electrons. The zero-order valence-corrected chi connectivity index (χ0v) is 11.6. The Morgan fingerprint density at radius 1 is 1.32 bits per heavy atom. The van der Waals surface area contributed by atoms with Crippen LogP contribution >= 0.6 is 0 Å². The maximum Gasteiger partial charge on any atom is 0.160 e. The molecule has 2 N–H and O–H groups in total. The highest BCUT2D eigenvalue weighted by Crippen LogP contribution is 2.26. The first kappa shape index (κ1) is 13.9. The summed E-state index contributed by atoms with van der Waals surface area (Å²) in [5.41, 5.74) is 2.73. The summed E-state index contributed by atoms with van der Waals surface area (Å²) in [6.07, 6.45) is 8.77. The van der Waals surface area contributed by atoms with Crippen molar-refractivity contribution in [3.8, 4) is 11.5 Å². The minimum Gasteiger partial charge on any atom is -0.504 e. The molecule has 0 bridgehead atoms. The van der Waals surface area contributed by atoms with Crippen LogP contribution in [0.2, 0.25) is 0 Å². The highest BCUT2D eigenvalue weighted by Gasteiger charge is 2.04. The van der Waals surface area contributed by atoms with Gasteiger partial charge in [-0.1, -0.05) is 17.7 Å². The van der Waals surface area contributed by atoms with Crippen LogP contribution in [0.5, 0.6) is 11.5 Å². The van der Waals surface area contributed by atoms with Crippen molar-refractivity contribution < 1.29 is 9.84 Å². The van der Waals surface area contributed by atoms with Crippen molar-refractivity contribution in [3.63, 3.8) is 0 Å². The van der Waals surface area contributed by atoms with E-state index in [4.69, 9.17) is 4.74 Å². The number of phenolic OH excluding ortho intramolecular Hbond substituents is 1. The zero-order chi connectivity index (χ0) is 13.5. The Bertz CT molecular complexity index is 440. The van der Waals surface area contributed by atoms with Gasteiger partial charge in [-0.2, -0.15) is 0 Å². The van der Waals surface area contributed by atoms with Crippen molar-refractivity contribution in [2.45, 2.75) is 38.6 Å². The number of phenols is 1. The molecular weight excluding hydrogens is 238 g/mol. The van der Waals surface area contributed by atoms with Crippen LogP contribution in [0, 0.1) is 0 Å². The summed E-state index contributed by atoms with van der Waals surface area (Å²) < 4.78 is 5.10. The van der Waals surface area contributed by atoms with Crippen LogP contribution in [0.4, 0.5) is 0 Å². The van der Waals surface area contributed by atoms with Gasteiger partial charge in [0.1, 0.15) is 0 Å². The van der Waals surface area contributed by atoms with Crippen LogP contribution in [-0.4, -0.2) is 18.8 Å². The van der Waals surface area contributed by atoms with Crippen molar-refractivity contribution in [3.05, 3.63) is 35.4 Å². The number of hydrogen-bond donors (Lipinski definition) is 2. The van der Waals surface area contributed by atoms with Crippen LogP contribution in [0.3, 0.4) is 0 Å². The number of nitrogens with one attached hydrogen (secondary N) is 1. The van der Waals surface area contributed by atoms with Crippen molar-refractivity contribution in [2.24, 2.45) is 0 Å². The number of allylic oxidation sites excluding steroid dienone is 1. The number of rotatable bonds is 6. The van der Waals surface area contributed by atoms with Crippen molar-refractivity contribution in [1.29, 1.82) is 0 Å². The Labute approximate surface area is 115 Å². The van der Waals surface area contributed by atoms with Gasteiger partial charge in [-0.05, 0) is 56.3 Å². The van der Waals surface area contributed by atoms with Gasteiger partial charge in [0.05, 0.1) is 7.11 Å². The fraction of sp³-hybridized carbons (Fsp3) is 0.500. The first-order chi connectivity index (χ1) is 9.29. The fourth-order valence-electron chi connectivity index (χ4n) is 2.45. The topological polar surface area (TPSA) is 41.5 Å². The molecule has 1 aliphatic rings. The van der Waals surface area contributed by atoms with Crippen molar-refractivity contribution in [2.75, 3.05) is 13.7 Å². The van der Waals surface area contributed by atoms with Crippen molar-refractivity contribution >= 4 is 0 Å². The number of benzene rings is 1. The molecule has 0 aliphatic heterocycles. The van der Waals surface area contributed by atoms with Gasteiger partial charge in [0.2, 0.25) is 0 Å². The molecule has 0 aromatic heterocycles. The smallest absolute Gasteiger partial charge is 0.160 e. The van der Waals surface area contributed by atoms with Crippen molar-refractivity contribution in [1.82, 2.24) is 5.32 Å². The predicted octanol–water partition coefficient (Wildman–Crippen LogP) is 3.38. The summed E-state index contributed by atoms with van der Waals surface area (Å²) >= 11 is 0. The first-order valence-electron chi connectivity index (χ1n) is 7.04. The third-order valence-corrected chi connectivity index (χ3v) is 3.58. The Hall–Kier alpha value is -1.48. The average Bonchev–Trinajstić information content (AvgIpc) is 2.46. The number of methoxy groups -OCH3 is 1. The number of aromatic hydroxyl groups is 1. The molecule has 0 atom stereocenters. The normalized spacial score (nSPS) is 15.1. The predicted molar refractivity (Wildman–Crippen MR) is 77.5 cm³/mol. The second-order valence-corrected chi connectivity index (χ2v) is 5.04. The molecule has 0 radical (unpaired) electrons. The van der Waals surface area contributed by atoms with Gasteiger partial charge in [-0.3, -0.25) is 0 Å². The minimum absolute atomic E-state index is 0.193. The van der Waals surface area contributed by atoms with E-state index in [0.29, 0.717) is 5.75 Å². The molecule has 0 saturated carbocycles. The summed E-state index contributed by atoms with van der Waals surface area (Å²) in [7, 11) is 1.57. The van der Waals surface area contributed by atoms with Crippen LogP contribution in [0.25, 0.3) is 0 Å². The Morgan fingerprint density at radius 3 is 2.95 bits per heavy atom. The molecule has 0 amide bonds. The van der Waals surface area contributed by atoms with E-state index in [2.05, 4.69) is 11.4 Å². The van der Waals surface area contributed by atoms with Gasteiger partial charge in [0.15, 0.2) is 11.5 Å². The molecule has 0 unspecified atom stereocenters. The molecule has 3 heteroatoms. The summed E-state index contributed by atoms with van der Waals surface area (Å²) in [5.74, 6) is 0.730. The van der Waals surface area contributed by atoms with E-state index in [1.807, 2.05) is 12.1 Å². The lowest BCUT2D eigenvalue weighted by molar-refractivity contribution is 0.373. The zero-order valence-electron chi connectivity index (χ0n) is 11.6. The Balaban J connectivity index is 1.74. The molecule has 19 heavy (non-hydrogen) atoms. The van der Waals surface area contributed by atoms with Gasteiger partial charge in [0.25, 0.3) is 0 Å². The van der Waals surface area contributed by atoms with Crippen LogP contribution in [0.15, 0.2) is 29.8 Å². The number of hydrogen-bond acceptors (Lipinski definition) is 3. The van der Waals surface area contributed by atoms with E-state index in [1.54, 1.807) is 18.7 Å². The molecule has 0 spiro atoms. The van der Waals surface area contributed by atoms with Gasteiger partial charge in [-0.15, -0.1) is 0 Å². The third kappa shape index (κ3) is 4.28. The SMILES string of the molecule is COc1cc(CNCCC2=CCCCC2)ccc1O. The number of ether oxygens (including phenoxy) is 1. The molecule has 1 aromatic rings. The summed E-state index contributed by atoms with van der Waals surface area (Å²) in [6.45, 7) is 1.82. The molecule has 0 heterocycles. The monoisotopic (exact) mass is 261 g/mol. The van der Waals surface area contributed by atoms with Gasteiger partial charge < -0.3 is 15.2 Å². The fourth-order valence-corrected chi connectivity index (χ4v) is 2.45. The van der Waals surface area contributed by atoms with Crippen LogP contribution < -0.4 is 10.1 Å². The van der Waals surface area contributed by atoms with E-state index in [9.17, 15) is 5.11 Å². The second kappa shape index (κ2) is 7.19.